The summed E-state index contributed by atoms with van der Waals surface area (Å²) in [4.78, 5) is 12.2. The van der Waals surface area contributed by atoms with Crippen LogP contribution in [0.15, 0.2) is 24.4 Å². The molecule has 1 heterocycles. The third kappa shape index (κ3) is 3.44. The van der Waals surface area contributed by atoms with Crippen LogP contribution in [-0.2, 0) is 0 Å². The van der Waals surface area contributed by atoms with Crippen LogP contribution in [0.3, 0.4) is 0 Å². The van der Waals surface area contributed by atoms with E-state index >= 15 is 0 Å². The largest absolute Gasteiger partial charge is 0.370 e. The van der Waals surface area contributed by atoms with Gasteiger partial charge in [0, 0.05) is 5.92 Å². The summed E-state index contributed by atoms with van der Waals surface area (Å²) >= 11 is 12.5. The highest BCUT2D eigenvalue weighted by molar-refractivity contribution is 6.37. The molecular weight excluding hydrogens is 361 g/mol. The SMILES string of the molecule is Cl.N=C(N)NC(=O)c1cnn(-c2c(Cl)cccc2Cl)c1C1CC1. The van der Waals surface area contributed by atoms with Crippen LogP contribution in [-0.4, -0.2) is 21.6 Å². The van der Waals surface area contributed by atoms with Crippen LogP contribution in [0.2, 0.25) is 10.0 Å². The standard InChI is InChI=1S/C14H13Cl2N5O.ClH/c15-9-2-1-3-10(16)12(9)21-11(7-4-5-7)8(6-19-21)13(22)20-14(17)18;/h1-3,6-7H,4-5H2,(H4,17,18,20,22);1H. The molecule has 2 aromatic rings. The monoisotopic (exact) mass is 373 g/mol. The van der Waals surface area contributed by atoms with E-state index in [1.54, 1.807) is 22.9 Å². The molecule has 0 spiro atoms. The van der Waals surface area contributed by atoms with E-state index in [1.807, 2.05) is 0 Å². The van der Waals surface area contributed by atoms with Gasteiger partial charge in [-0.1, -0.05) is 29.3 Å². The normalized spacial score (nSPS) is 13.3. The molecule has 4 N–H and O–H groups in total. The van der Waals surface area contributed by atoms with Gasteiger partial charge in [0.15, 0.2) is 5.96 Å². The van der Waals surface area contributed by atoms with Crippen LogP contribution < -0.4 is 11.1 Å². The van der Waals surface area contributed by atoms with E-state index in [2.05, 4.69) is 10.4 Å². The van der Waals surface area contributed by atoms with E-state index in [4.69, 9.17) is 34.3 Å². The molecule has 0 unspecified atom stereocenters. The van der Waals surface area contributed by atoms with Gasteiger partial charge in [-0.3, -0.25) is 15.5 Å². The molecule has 1 amide bonds. The molecule has 1 aromatic carbocycles. The van der Waals surface area contributed by atoms with Gasteiger partial charge in [-0.25, -0.2) is 4.68 Å². The molecule has 122 valence electrons. The molecule has 1 aliphatic carbocycles. The second-order valence-electron chi connectivity index (χ2n) is 5.07. The summed E-state index contributed by atoms with van der Waals surface area (Å²) in [5, 5.41) is 14.6. The number of nitrogens with zero attached hydrogens (tertiary/aromatic N) is 2. The average molecular weight is 375 g/mol. The third-order valence-electron chi connectivity index (χ3n) is 3.41. The first-order valence-electron chi connectivity index (χ1n) is 6.66. The van der Waals surface area contributed by atoms with Crippen LogP contribution in [0.4, 0.5) is 0 Å². The molecule has 9 heteroatoms. The van der Waals surface area contributed by atoms with Gasteiger partial charge in [0.1, 0.15) is 5.69 Å². The van der Waals surface area contributed by atoms with Gasteiger partial charge < -0.3 is 5.73 Å². The maximum absolute atomic E-state index is 12.2. The number of hydrogen-bond donors (Lipinski definition) is 3. The first kappa shape index (κ1) is 17.6. The van der Waals surface area contributed by atoms with Crippen molar-refractivity contribution in [2.45, 2.75) is 18.8 Å². The molecule has 23 heavy (non-hydrogen) atoms. The van der Waals surface area contributed by atoms with Crippen molar-refractivity contribution in [2.75, 3.05) is 0 Å². The fourth-order valence-electron chi connectivity index (χ4n) is 2.34. The molecular formula is C14H14Cl3N5O. The summed E-state index contributed by atoms with van der Waals surface area (Å²) in [5.74, 6) is -0.637. The third-order valence-corrected chi connectivity index (χ3v) is 4.02. The smallest absolute Gasteiger partial charge is 0.261 e. The van der Waals surface area contributed by atoms with E-state index in [1.165, 1.54) is 6.20 Å². The lowest BCUT2D eigenvalue weighted by atomic mass is 10.1. The minimum absolute atomic E-state index is 0. The number of carbonyl (C=O) groups is 1. The van der Waals surface area contributed by atoms with Crippen LogP contribution >= 0.6 is 35.6 Å². The van der Waals surface area contributed by atoms with E-state index in [0.29, 0.717) is 21.3 Å². The number of amides is 1. The molecule has 0 saturated heterocycles. The molecule has 1 saturated carbocycles. The van der Waals surface area contributed by atoms with Crippen molar-refractivity contribution in [3.05, 3.63) is 45.7 Å². The van der Waals surface area contributed by atoms with Gasteiger partial charge in [0.2, 0.25) is 0 Å². The van der Waals surface area contributed by atoms with Crippen LogP contribution in [0, 0.1) is 5.41 Å². The Bertz CT molecular complexity index is 750. The van der Waals surface area contributed by atoms with Crippen molar-refractivity contribution in [3.8, 4) is 5.69 Å². The first-order valence-corrected chi connectivity index (χ1v) is 7.42. The van der Waals surface area contributed by atoms with Gasteiger partial charge in [-0.15, -0.1) is 12.4 Å². The first-order chi connectivity index (χ1) is 10.5. The van der Waals surface area contributed by atoms with Crippen molar-refractivity contribution >= 4 is 47.5 Å². The number of carbonyl (C=O) groups excluding carboxylic acids is 1. The Labute approximate surface area is 148 Å². The van der Waals surface area contributed by atoms with E-state index in [9.17, 15) is 4.79 Å². The molecule has 0 bridgehead atoms. The number of nitrogens with two attached hydrogens (primary N) is 1. The molecule has 1 aliphatic rings. The molecule has 1 fully saturated rings. The minimum atomic E-state index is -0.455. The summed E-state index contributed by atoms with van der Waals surface area (Å²) in [6.07, 6.45) is 3.38. The van der Waals surface area contributed by atoms with E-state index in [0.717, 1.165) is 18.5 Å². The Hall–Kier alpha value is -1.76. The Morgan fingerprint density at radius 3 is 2.48 bits per heavy atom. The van der Waals surface area contributed by atoms with Crippen LogP contribution in [0.5, 0.6) is 0 Å². The number of halogens is 3. The van der Waals surface area contributed by atoms with E-state index in [-0.39, 0.29) is 18.3 Å². The lowest BCUT2D eigenvalue weighted by Gasteiger charge is -2.12. The average Bonchev–Trinajstić information content (AvgIpc) is 3.18. The van der Waals surface area contributed by atoms with Gasteiger partial charge >= 0.3 is 0 Å². The molecule has 1 aromatic heterocycles. The van der Waals surface area contributed by atoms with Gasteiger partial charge in [0.25, 0.3) is 5.91 Å². The summed E-state index contributed by atoms with van der Waals surface area (Å²) in [7, 11) is 0. The lowest BCUT2D eigenvalue weighted by molar-refractivity contribution is 0.0975. The number of para-hydroxylation sites is 1. The summed E-state index contributed by atoms with van der Waals surface area (Å²) in [6.45, 7) is 0. The van der Waals surface area contributed by atoms with Gasteiger partial charge in [-0.2, -0.15) is 5.10 Å². The van der Waals surface area contributed by atoms with Crippen LogP contribution in [0.1, 0.15) is 34.8 Å². The molecule has 0 atom stereocenters. The second-order valence-corrected chi connectivity index (χ2v) is 5.88. The molecule has 0 aliphatic heterocycles. The zero-order valence-electron chi connectivity index (χ0n) is 11.8. The summed E-state index contributed by atoms with van der Waals surface area (Å²) in [6, 6.07) is 5.19. The highest BCUT2D eigenvalue weighted by atomic mass is 35.5. The number of hydrogen-bond acceptors (Lipinski definition) is 3. The number of aromatic nitrogens is 2. The molecule has 0 radical (unpaired) electrons. The maximum Gasteiger partial charge on any atom is 0.261 e. The van der Waals surface area contributed by atoms with Crippen molar-refractivity contribution in [3.63, 3.8) is 0 Å². The quantitative estimate of drug-likeness (QED) is 0.569. The highest BCUT2D eigenvalue weighted by Crippen LogP contribution is 2.43. The predicted octanol–water partition coefficient (Wildman–Crippen LogP) is 3.10. The predicted molar refractivity (Wildman–Crippen MR) is 92.2 cm³/mol. The van der Waals surface area contributed by atoms with Crippen molar-refractivity contribution < 1.29 is 4.79 Å². The zero-order valence-corrected chi connectivity index (χ0v) is 14.2. The Balaban J connectivity index is 0.00000192. The van der Waals surface area contributed by atoms with Crippen LogP contribution in [0.25, 0.3) is 5.69 Å². The maximum atomic E-state index is 12.2. The summed E-state index contributed by atoms with van der Waals surface area (Å²) in [5.41, 5.74) is 6.90. The topological polar surface area (TPSA) is 96.8 Å². The van der Waals surface area contributed by atoms with E-state index < -0.39 is 11.9 Å². The number of rotatable bonds is 3. The fraction of sp³-hybridized carbons (Fsp3) is 0.214. The van der Waals surface area contributed by atoms with Gasteiger partial charge in [0.05, 0.1) is 27.5 Å². The molecule has 3 rings (SSSR count). The number of nitrogens with one attached hydrogen (secondary N) is 2. The zero-order chi connectivity index (χ0) is 15.9. The Morgan fingerprint density at radius 1 is 1.35 bits per heavy atom. The lowest BCUT2D eigenvalue weighted by Crippen LogP contribution is -2.36. The molecule has 6 nitrogen and oxygen atoms in total. The van der Waals surface area contributed by atoms with Crippen molar-refractivity contribution in [2.24, 2.45) is 5.73 Å². The van der Waals surface area contributed by atoms with Crippen molar-refractivity contribution in [1.29, 1.82) is 5.41 Å². The number of guanidine groups is 1. The van der Waals surface area contributed by atoms with Gasteiger partial charge in [-0.05, 0) is 25.0 Å². The van der Waals surface area contributed by atoms with Crippen molar-refractivity contribution in [1.82, 2.24) is 15.1 Å². The Morgan fingerprint density at radius 2 is 1.96 bits per heavy atom. The fourth-order valence-corrected chi connectivity index (χ4v) is 2.90. The second kappa shape index (κ2) is 6.78. The Kier molecular flexibility index (Phi) is 5.19. The summed E-state index contributed by atoms with van der Waals surface area (Å²) < 4.78 is 1.61. The minimum Gasteiger partial charge on any atom is -0.370 e. The highest BCUT2D eigenvalue weighted by Gasteiger charge is 2.33. The number of benzene rings is 1.